The number of aromatic nitrogens is 1. The Labute approximate surface area is 177 Å². The van der Waals surface area contributed by atoms with Gasteiger partial charge in [0.25, 0.3) is 0 Å². The van der Waals surface area contributed by atoms with Crippen molar-refractivity contribution < 1.29 is 18.7 Å². The lowest BCUT2D eigenvalue weighted by Crippen LogP contribution is -2.52. The number of ether oxygens (including phenoxy) is 1. The number of thioether (sulfide) groups is 1. The Bertz CT molecular complexity index is 1110. The molecule has 3 aromatic rings. The Kier molecular flexibility index (Phi) is 5.85. The van der Waals surface area contributed by atoms with Crippen LogP contribution in [0.5, 0.6) is 5.88 Å². The zero-order chi connectivity index (χ0) is 21.1. The molecule has 0 saturated carbocycles. The number of carbonyl (C=O) groups is 2. The van der Waals surface area contributed by atoms with Crippen molar-refractivity contribution in [2.75, 3.05) is 18.2 Å². The van der Waals surface area contributed by atoms with E-state index in [9.17, 15) is 14.0 Å². The van der Waals surface area contributed by atoms with Gasteiger partial charge >= 0.3 is 0 Å². The molecule has 0 radical (unpaired) electrons. The average molecular weight is 425 g/mol. The third-order valence-corrected chi connectivity index (χ3v) is 6.20. The summed E-state index contributed by atoms with van der Waals surface area (Å²) < 4.78 is 19.0. The summed E-state index contributed by atoms with van der Waals surface area (Å²) in [5.74, 6) is 0.0639. The van der Waals surface area contributed by atoms with Crippen LogP contribution in [0.25, 0.3) is 10.9 Å². The number of rotatable bonds is 5. The number of hydrogen-bond acceptors (Lipinski definition) is 5. The highest BCUT2D eigenvalue weighted by atomic mass is 32.2. The molecule has 2 amide bonds. The summed E-state index contributed by atoms with van der Waals surface area (Å²) in [6.45, 7) is 0. The van der Waals surface area contributed by atoms with Crippen molar-refractivity contribution in [2.45, 2.75) is 17.7 Å². The highest BCUT2D eigenvalue weighted by Gasteiger charge is 2.32. The van der Waals surface area contributed by atoms with Crippen LogP contribution in [0, 0.1) is 5.82 Å². The van der Waals surface area contributed by atoms with Crippen LogP contribution < -0.4 is 15.4 Å². The molecule has 0 aliphatic carbocycles. The monoisotopic (exact) mass is 425 g/mol. The molecule has 2 N–H and O–H groups in total. The fourth-order valence-electron chi connectivity index (χ4n) is 3.28. The second-order valence-electron chi connectivity index (χ2n) is 6.93. The van der Waals surface area contributed by atoms with Crippen LogP contribution in [0.2, 0.25) is 0 Å². The fraction of sp³-hybridized carbons (Fsp3) is 0.227. The number of halogens is 1. The second kappa shape index (κ2) is 8.71. The number of carbonyl (C=O) groups excluding carboxylic acids is 2. The number of methoxy groups -OCH3 is 1. The summed E-state index contributed by atoms with van der Waals surface area (Å²) in [6, 6.07) is 14.8. The molecule has 2 atom stereocenters. The SMILES string of the molecule is COc1ccc2cc(NC(=O)[C@H]3CS[C@@H](Cc4ccccc4F)C(=O)N3)ccc2n1. The van der Waals surface area contributed by atoms with Crippen LogP contribution in [0.4, 0.5) is 10.1 Å². The van der Waals surface area contributed by atoms with Gasteiger partial charge in [-0.15, -0.1) is 11.8 Å². The number of nitrogens with zero attached hydrogens (tertiary/aromatic N) is 1. The first-order chi connectivity index (χ1) is 14.5. The van der Waals surface area contributed by atoms with Crippen molar-refractivity contribution in [2.24, 2.45) is 0 Å². The Morgan fingerprint density at radius 1 is 1.27 bits per heavy atom. The van der Waals surface area contributed by atoms with Gasteiger partial charge in [0.2, 0.25) is 17.7 Å². The molecule has 1 aromatic heterocycles. The minimum atomic E-state index is -0.649. The first-order valence-electron chi connectivity index (χ1n) is 9.44. The number of fused-ring (bicyclic) bond motifs is 1. The van der Waals surface area contributed by atoms with E-state index in [2.05, 4.69) is 15.6 Å². The standard InChI is InChI=1S/C22H20FN3O3S/c1-29-20-9-6-14-10-15(7-8-17(14)25-20)24-21(27)18-12-30-19(22(28)26-18)11-13-4-2-3-5-16(13)23/h2-10,18-19H,11-12H2,1H3,(H,24,27)(H,26,28)/t18-,19+/m1/s1. The van der Waals surface area contributed by atoms with Crippen LogP contribution in [0.3, 0.4) is 0 Å². The third kappa shape index (κ3) is 4.38. The molecule has 1 saturated heterocycles. The molecule has 4 rings (SSSR count). The Balaban J connectivity index is 1.38. The van der Waals surface area contributed by atoms with Gasteiger partial charge in [0, 0.05) is 22.9 Å². The van der Waals surface area contributed by atoms with Crippen molar-refractivity contribution >= 4 is 40.2 Å². The van der Waals surface area contributed by atoms with Crippen LogP contribution in [-0.2, 0) is 16.0 Å². The smallest absolute Gasteiger partial charge is 0.247 e. The van der Waals surface area contributed by atoms with E-state index in [-0.39, 0.29) is 17.6 Å². The Morgan fingerprint density at radius 2 is 2.10 bits per heavy atom. The number of nitrogens with one attached hydrogen (secondary N) is 2. The summed E-state index contributed by atoms with van der Waals surface area (Å²) in [4.78, 5) is 29.4. The van der Waals surface area contributed by atoms with Gasteiger partial charge < -0.3 is 15.4 Å². The Hall–Kier alpha value is -3.13. The first-order valence-corrected chi connectivity index (χ1v) is 10.5. The molecule has 0 spiro atoms. The minimum Gasteiger partial charge on any atom is -0.481 e. The molecule has 1 fully saturated rings. The number of benzene rings is 2. The molecule has 154 valence electrons. The van der Waals surface area contributed by atoms with Crippen molar-refractivity contribution in [3.8, 4) is 5.88 Å². The van der Waals surface area contributed by atoms with Gasteiger partial charge in [-0.2, -0.15) is 0 Å². The van der Waals surface area contributed by atoms with Gasteiger partial charge in [-0.05, 0) is 42.3 Å². The fourth-order valence-corrected chi connectivity index (χ4v) is 4.45. The minimum absolute atomic E-state index is 0.260. The van der Waals surface area contributed by atoms with Crippen molar-refractivity contribution in [1.82, 2.24) is 10.3 Å². The van der Waals surface area contributed by atoms with Crippen molar-refractivity contribution in [3.05, 3.63) is 66.0 Å². The lowest BCUT2D eigenvalue weighted by atomic mass is 10.1. The maximum Gasteiger partial charge on any atom is 0.247 e. The van der Waals surface area contributed by atoms with Crippen LogP contribution in [0.15, 0.2) is 54.6 Å². The summed E-state index contributed by atoms with van der Waals surface area (Å²) in [5, 5.41) is 6.03. The molecule has 30 heavy (non-hydrogen) atoms. The maximum absolute atomic E-state index is 13.9. The van der Waals surface area contributed by atoms with E-state index < -0.39 is 11.3 Å². The van der Waals surface area contributed by atoms with Crippen LogP contribution in [-0.4, -0.2) is 41.0 Å². The predicted octanol–water partition coefficient (Wildman–Crippen LogP) is 3.16. The average Bonchev–Trinajstić information content (AvgIpc) is 2.76. The van der Waals surface area contributed by atoms with Gasteiger partial charge in [0.15, 0.2) is 0 Å². The maximum atomic E-state index is 13.9. The van der Waals surface area contributed by atoms with Gasteiger partial charge in [-0.3, -0.25) is 9.59 Å². The van der Waals surface area contributed by atoms with E-state index in [0.717, 1.165) is 10.9 Å². The zero-order valence-corrected chi connectivity index (χ0v) is 17.0. The molecular formula is C22H20FN3O3S. The van der Waals surface area contributed by atoms with E-state index >= 15 is 0 Å². The molecular weight excluding hydrogens is 405 g/mol. The molecule has 6 nitrogen and oxygen atoms in total. The van der Waals surface area contributed by atoms with E-state index in [1.807, 2.05) is 12.1 Å². The quantitative estimate of drug-likeness (QED) is 0.656. The van der Waals surface area contributed by atoms with E-state index in [0.29, 0.717) is 29.3 Å². The molecule has 8 heteroatoms. The second-order valence-corrected chi connectivity index (χ2v) is 8.16. The highest BCUT2D eigenvalue weighted by Crippen LogP contribution is 2.25. The van der Waals surface area contributed by atoms with E-state index in [4.69, 9.17) is 4.74 Å². The summed E-state index contributed by atoms with van der Waals surface area (Å²) in [6.07, 6.45) is 0.290. The molecule has 0 unspecified atom stereocenters. The van der Waals surface area contributed by atoms with E-state index in [1.165, 1.54) is 17.8 Å². The van der Waals surface area contributed by atoms with Gasteiger partial charge in [-0.25, -0.2) is 9.37 Å². The van der Waals surface area contributed by atoms with Crippen LogP contribution in [0.1, 0.15) is 5.56 Å². The van der Waals surface area contributed by atoms with Gasteiger partial charge in [0.1, 0.15) is 11.9 Å². The zero-order valence-electron chi connectivity index (χ0n) is 16.2. The number of pyridine rings is 1. The van der Waals surface area contributed by atoms with Gasteiger partial charge in [-0.1, -0.05) is 18.2 Å². The van der Waals surface area contributed by atoms with Gasteiger partial charge in [0.05, 0.1) is 17.9 Å². The molecule has 1 aliphatic heterocycles. The third-order valence-electron chi connectivity index (χ3n) is 4.89. The topological polar surface area (TPSA) is 80.3 Å². The number of amides is 2. The normalized spacial score (nSPS) is 18.7. The largest absolute Gasteiger partial charge is 0.481 e. The van der Waals surface area contributed by atoms with Crippen LogP contribution >= 0.6 is 11.8 Å². The molecule has 1 aliphatic rings. The predicted molar refractivity (Wildman–Crippen MR) is 115 cm³/mol. The summed E-state index contributed by atoms with van der Waals surface area (Å²) in [5.41, 5.74) is 1.87. The summed E-state index contributed by atoms with van der Waals surface area (Å²) >= 11 is 1.37. The highest BCUT2D eigenvalue weighted by molar-refractivity contribution is 8.00. The van der Waals surface area contributed by atoms with Crippen molar-refractivity contribution in [1.29, 1.82) is 0 Å². The lowest BCUT2D eigenvalue weighted by molar-refractivity contribution is -0.126. The Morgan fingerprint density at radius 3 is 2.87 bits per heavy atom. The van der Waals surface area contributed by atoms with Crippen molar-refractivity contribution in [3.63, 3.8) is 0 Å². The molecule has 2 aromatic carbocycles. The molecule has 2 heterocycles. The first kappa shape index (κ1) is 20.2. The number of anilines is 1. The van der Waals surface area contributed by atoms with E-state index in [1.54, 1.807) is 43.5 Å². The lowest BCUT2D eigenvalue weighted by Gasteiger charge is -2.28. The molecule has 0 bridgehead atoms. The summed E-state index contributed by atoms with van der Waals surface area (Å²) in [7, 11) is 1.56. The number of hydrogen-bond donors (Lipinski definition) is 2.